The lowest BCUT2D eigenvalue weighted by atomic mass is 9.87. The smallest absolute Gasteiger partial charge is 0.0443 e. The second-order valence-electron chi connectivity index (χ2n) is 10.0. The Kier molecular flexibility index (Phi) is 4.18. The van der Waals surface area contributed by atoms with Gasteiger partial charge in [-0.3, -0.25) is 0 Å². The zero-order chi connectivity index (χ0) is 23.6. The number of para-hydroxylation sites is 1. The summed E-state index contributed by atoms with van der Waals surface area (Å²) in [5.74, 6) is 0. The molecule has 1 heterocycles. The van der Waals surface area contributed by atoms with Gasteiger partial charge in [-0.05, 0) is 90.5 Å². The van der Waals surface area contributed by atoms with Crippen molar-refractivity contribution in [1.29, 1.82) is 0 Å². The van der Waals surface area contributed by atoms with Crippen LogP contribution in [0.5, 0.6) is 0 Å². The van der Waals surface area contributed by atoms with E-state index in [2.05, 4.69) is 120 Å². The predicted molar refractivity (Wildman–Crippen MR) is 156 cm³/mol. The third kappa shape index (κ3) is 2.71. The summed E-state index contributed by atoms with van der Waals surface area (Å²) in [5.41, 5.74) is 4.08. The van der Waals surface area contributed by atoms with Gasteiger partial charge in [0.05, 0.1) is 0 Å². The Morgan fingerprint density at radius 1 is 0.444 bits per heavy atom. The molecule has 8 rings (SSSR count). The van der Waals surface area contributed by atoms with Crippen molar-refractivity contribution in [2.75, 3.05) is 11.4 Å². The van der Waals surface area contributed by atoms with Crippen LogP contribution in [0, 0.1) is 0 Å². The maximum absolute atomic E-state index is 2.52. The third-order valence-corrected chi connectivity index (χ3v) is 8.11. The first-order chi connectivity index (χ1) is 17.9. The van der Waals surface area contributed by atoms with Crippen LogP contribution in [0.25, 0.3) is 53.9 Å². The van der Waals surface area contributed by atoms with E-state index in [1.807, 2.05) is 0 Å². The lowest BCUT2D eigenvalue weighted by Gasteiger charge is -2.31. The summed E-state index contributed by atoms with van der Waals surface area (Å²) in [6.45, 7) is 1.05. The van der Waals surface area contributed by atoms with E-state index in [1.165, 1.54) is 77.2 Å². The van der Waals surface area contributed by atoms with Crippen molar-refractivity contribution in [2.24, 2.45) is 0 Å². The SMILES string of the molecule is c1ccc2c(c1)CCCN2c1ccc2c3ccccc3c3c4ccccc4c4ccccc4c3c2c1. The molecule has 0 spiro atoms. The fraction of sp³-hybridized carbons (Fsp3) is 0.0857. The van der Waals surface area contributed by atoms with E-state index in [0.717, 1.165) is 13.0 Å². The fourth-order valence-corrected chi connectivity index (χ4v) is 6.58. The first-order valence-electron chi connectivity index (χ1n) is 12.9. The number of benzene rings is 7. The highest BCUT2D eigenvalue weighted by Crippen LogP contribution is 2.45. The molecular formula is C35H25N. The molecule has 0 N–H and O–H groups in total. The van der Waals surface area contributed by atoms with E-state index in [-0.39, 0.29) is 0 Å². The summed E-state index contributed by atoms with van der Waals surface area (Å²) >= 11 is 0. The van der Waals surface area contributed by atoms with Crippen molar-refractivity contribution >= 4 is 65.2 Å². The second-order valence-corrected chi connectivity index (χ2v) is 10.0. The van der Waals surface area contributed by atoms with Gasteiger partial charge < -0.3 is 4.90 Å². The van der Waals surface area contributed by atoms with Gasteiger partial charge in [-0.15, -0.1) is 0 Å². The Bertz CT molecular complexity index is 1970. The van der Waals surface area contributed by atoms with E-state index in [1.54, 1.807) is 0 Å². The normalized spacial score (nSPS) is 13.7. The van der Waals surface area contributed by atoms with Gasteiger partial charge >= 0.3 is 0 Å². The van der Waals surface area contributed by atoms with Gasteiger partial charge in [0.2, 0.25) is 0 Å². The average Bonchev–Trinajstić information content (AvgIpc) is 2.96. The van der Waals surface area contributed by atoms with Gasteiger partial charge in [0.15, 0.2) is 0 Å². The standard InChI is InChI=1S/C35H25N/c1-8-18-33-23(10-1)11-9-21-36(33)24-19-20-28-27-14-4-6-16-30(27)34-29-15-5-2-12-25(29)26-13-3-7-17-31(26)35(34)32(28)22-24/h1-8,10,12-20,22H,9,11,21H2. The minimum Gasteiger partial charge on any atom is -0.341 e. The largest absolute Gasteiger partial charge is 0.341 e. The number of rotatable bonds is 1. The molecule has 0 bridgehead atoms. The zero-order valence-corrected chi connectivity index (χ0v) is 20.0. The summed E-state index contributed by atoms with van der Waals surface area (Å²) in [6, 6.07) is 42.8. The summed E-state index contributed by atoms with van der Waals surface area (Å²) in [7, 11) is 0. The molecule has 1 heteroatoms. The molecule has 7 aromatic carbocycles. The molecule has 0 radical (unpaired) electrons. The zero-order valence-electron chi connectivity index (χ0n) is 20.0. The Hall–Kier alpha value is -4.36. The van der Waals surface area contributed by atoms with Gasteiger partial charge in [-0.1, -0.05) is 97.1 Å². The van der Waals surface area contributed by atoms with Crippen molar-refractivity contribution < 1.29 is 0 Å². The van der Waals surface area contributed by atoms with Crippen molar-refractivity contribution in [1.82, 2.24) is 0 Å². The van der Waals surface area contributed by atoms with E-state index in [9.17, 15) is 0 Å². The van der Waals surface area contributed by atoms with Crippen LogP contribution in [-0.2, 0) is 6.42 Å². The summed E-state index contributed by atoms with van der Waals surface area (Å²) in [4.78, 5) is 2.52. The van der Waals surface area contributed by atoms with E-state index in [4.69, 9.17) is 0 Å². The number of nitrogens with zero attached hydrogens (tertiary/aromatic N) is 1. The molecule has 1 aliphatic heterocycles. The first kappa shape index (κ1) is 19.9. The lowest BCUT2D eigenvalue weighted by molar-refractivity contribution is 0.767. The highest BCUT2D eigenvalue weighted by Gasteiger charge is 2.20. The molecule has 1 nitrogen and oxygen atoms in total. The number of fused-ring (bicyclic) bond motifs is 12. The second kappa shape index (κ2) is 7.57. The predicted octanol–water partition coefficient (Wildman–Crippen LogP) is 9.54. The van der Waals surface area contributed by atoms with Gasteiger partial charge in [-0.25, -0.2) is 0 Å². The van der Waals surface area contributed by atoms with Crippen LogP contribution < -0.4 is 4.90 Å². The van der Waals surface area contributed by atoms with Gasteiger partial charge in [-0.2, -0.15) is 0 Å². The minimum atomic E-state index is 1.05. The van der Waals surface area contributed by atoms with Gasteiger partial charge in [0.25, 0.3) is 0 Å². The molecule has 0 saturated carbocycles. The third-order valence-electron chi connectivity index (χ3n) is 8.11. The van der Waals surface area contributed by atoms with E-state index < -0.39 is 0 Å². The Morgan fingerprint density at radius 3 is 1.58 bits per heavy atom. The van der Waals surface area contributed by atoms with Crippen molar-refractivity contribution in [3.63, 3.8) is 0 Å². The molecule has 0 unspecified atom stereocenters. The van der Waals surface area contributed by atoms with Crippen LogP contribution >= 0.6 is 0 Å². The molecule has 0 atom stereocenters. The topological polar surface area (TPSA) is 3.24 Å². The highest BCUT2D eigenvalue weighted by atomic mass is 15.1. The number of aryl methyl sites for hydroxylation is 1. The van der Waals surface area contributed by atoms with E-state index in [0.29, 0.717) is 0 Å². The van der Waals surface area contributed by atoms with Crippen LogP contribution in [0.15, 0.2) is 115 Å². The van der Waals surface area contributed by atoms with Crippen molar-refractivity contribution in [3.05, 3.63) is 121 Å². The number of hydrogen-bond acceptors (Lipinski definition) is 1. The molecule has 36 heavy (non-hydrogen) atoms. The maximum atomic E-state index is 2.52. The van der Waals surface area contributed by atoms with Gasteiger partial charge in [0, 0.05) is 17.9 Å². The number of anilines is 2. The summed E-state index contributed by atoms with van der Waals surface area (Å²) in [5, 5.41) is 13.4. The van der Waals surface area contributed by atoms with E-state index >= 15 is 0 Å². The van der Waals surface area contributed by atoms with Crippen LogP contribution in [-0.4, -0.2) is 6.54 Å². The molecule has 170 valence electrons. The summed E-state index contributed by atoms with van der Waals surface area (Å²) < 4.78 is 0. The molecule has 0 aliphatic carbocycles. The first-order valence-corrected chi connectivity index (χ1v) is 12.9. The maximum Gasteiger partial charge on any atom is 0.0443 e. The molecule has 0 fully saturated rings. The molecule has 1 aliphatic rings. The number of hydrogen-bond donors (Lipinski definition) is 0. The van der Waals surface area contributed by atoms with Crippen LogP contribution in [0.4, 0.5) is 11.4 Å². The van der Waals surface area contributed by atoms with Gasteiger partial charge in [0.1, 0.15) is 0 Å². The molecule has 0 saturated heterocycles. The van der Waals surface area contributed by atoms with Crippen LogP contribution in [0.2, 0.25) is 0 Å². The molecule has 0 amide bonds. The fourth-order valence-electron chi connectivity index (χ4n) is 6.58. The Morgan fingerprint density at radius 2 is 0.944 bits per heavy atom. The van der Waals surface area contributed by atoms with Crippen LogP contribution in [0.1, 0.15) is 12.0 Å². The lowest BCUT2D eigenvalue weighted by Crippen LogP contribution is -2.24. The quantitative estimate of drug-likeness (QED) is 0.221. The molecule has 7 aromatic rings. The Balaban J connectivity index is 1.58. The molecule has 0 aromatic heterocycles. The van der Waals surface area contributed by atoms with Crippen molar-refractivity contribution in [2.45, 2.75) is 12.8 Å². The Labute approximate surface area is 210 Å². The van der Waals surface area contributed by atoms with Crippen LogP contribution in [0.3, 0.4) is 0 Å². The highest BCUT2D eigenvalue weighted by molar-refractivity contribution is 6.39. The van der Waals surface area contributed by atoms with Crippen molar-refractivity contribution in [3.8, 4) is 0 Å². The average molecular weight is 460 g/mol. The minimum absolute atomic E-state index is 1.05. The molecular weight excluding hydrogens is 434 g/mol. The monoisotopic (exact) mass is 459 g/mol. The summed E-state index contributed by atoms with van der Waals surface area (Å²) in [6.07, 6.45) is 2.34.